The molecule has 4 rings (SSSR count). The van der Waals surface area contributed by atoms with E-state index in [1.807, 2.05) is 0 Å². The molecule has 0 radical (unpaired) electrons. The van der Waals surface area contributed by atoms with E-state index >= 15 is 0 Å². The molecule has 4 heteroatoms. The third-order valence-corrected chi connectivity index (χ3v) is 6.01. The number of nitrogens with one attached hydrogen (secondary N) is 1. The van der Waals surface area contributed by atoms with Crippen molar-refractivity contribution in [3.8, 4) is 5.69 Å². The molecule has 2 fully saturated rings. The summed E-state index contributed by atoms with van der Waals surface area (Å²) in [5.41, 5.74) is 5.58. The van der Waals surface area contributed by atoms with E-state index in [4.69, 9.17) is 5.10 Å². The van der Waals surface area contributed by atoms with Gasteiger partial charge in [0.15, 0.2) is 0 Å². The number of nitrogens with zero attached hydrogens (tertiary/aromatic N) is 3. The van der Waals surface area contributed by atoms with E-state index in [1.54, 1.807) is 0 Å². The minimum absolute atomic E-state index is 0.572. The van der Waals surface area contributed by atoms with Gasteiger partial charge in [0.2, 0.25) is 0 Å². The van der Waals surface area contributed by atoms with Gasteiger partial charge < -0.3 is 5.32 Å². The molecule has 24 heavy (non-hydrogen) atoms. The molecule has 0 atom stereocenters. The van der Waals surface area contributed by atoms with Crippen LogP contribution in [0, 0.1) is 19.3 Å². The highest BCUT2D eigenvalue weighted by molar-refractivity contribution is 5.36. The van der Waals surface area contributed by atoms with Gasteiger partial charge >= 0.3 is 0 Å². The molecule has 0 amide bonds. The fourth-order valence-corrected chi connectivity index (χ4v) is 4.48. The molecule has 2 aliphatic rings. The van der Waals surface area contributed by atoms with E-state index in [1.165, 1.54) is 62.4 Å². The van der Waals surface area contributed by atoms with Gasteiger partial charge in [0.1, 0.15) is 0 Å². The van der Waals surface area contributed by atoms with Crippen molar-refractivity contribution in [1.29, 1.82) is 0 Å². The van der Waals surface area contributed by atoms with Gasteiger partial charge in [0, 0.05) is 24.3 Å². The highest BCUT2D eigenvalue weighted by Gasteiger charge is 2.38. The van der Waals surface area contributed by atoms with Crippen molar-refractivity contribution in [2.75, 3.05) is 26.2 Å². The minimum atomic E-state index is 0.572. The number of aromatic nitrogens is 2. The van der Waals surface area contributed by atoms with E-state index in [-0.39, 0.29) is 0 Å². The molecular formula is C20H28N4. The normalized spacial score (nSPS) is 20.8. The molecule has 2 aliphatic heterocycles. The lowest BCUT2D eigenvalue weighted by Crippen LogP contribution is -2.38. The zero-order chi connectivity index (χ0) is 16.6. The second-order valence-electron chi connectivity index (χ2n) is 7.61. The zero-order valence-corrected chi connectivity index (χ0v) is 14.9. The van der Waals surface area contributed by atoms with Crippen molar-refractivity contribution in [2.24, 2.45) is 5.41 Å². The lowest BCUT2D eigenvalue weighted by atomic mass is 9.78. The van der Waals surface area contributed by atoms with E-state index in [2.05, 4.69) is 59.1 Å². The van der Waals surface area contributed by atoms with E-state index in [9.17, 15) is 0 Å². The van der Waals surface area contributed by atoms with Gasteiger partial charge in [-0.25, -0.2) is 4.68 Å². The fraction of sp³-hybridized carbons (Fsp3) is 0.550. The Morgan fingerprint density at radius 2 is 1.83 bits per heavy atom. The van der Waals surface area contributed by atoms with Crippen molar-refractivity contribution < 1.29 is 0 Å². The molecule has 1 N–H and O–H groups in total. The predicted octanol–water partition coefficient (Wildman–Crippen LogP) is 3.06. The fourth-order valence-electron chi connectivity index (χ4n) is 4.48. The van der Waals surface area contributed by atoms with E-state index < -0.39 is 0 Å². The summed E-state index contributed by atoms with van der Waals surface area (Å²) in [5.74, 6) is 0. The van der Waals surface area contributed by atoms with Crippen molar-refractivity contribution in [1.82, 2.24) is 20.0 Å². The summed E-state index contributed by atoms with van der Waals surface area (Å²) in [6, 6.07) is 10.5. The molecule has 2 saturated heterocycles. The summed E-state index contributed by atoms with van der Waals surface area (Å²) in [5, 5.41) is 8.31. The maximum absolute atomic E-state index is 4.81. The summed E-state index contributed by atoms with van der Waals surface area (Å²) in [7, 11) is 0. The van der Waals surface area contributed by atoms with Crippen molar-refractivity contribution in [2.45, 2.75) is 39.7 Å². The molecule has 1 spiro atoms. The average Bonchev–Trinajstić information content (AvgIpc) is 3.12. The number of para-hydroxylation sites is 1. The second kappa shape index (κ2) is 6.34. The van der Waals surface area contributed by atoms with Crippen molar-refractivity contribution >= 4 is 0 Å². The first-order valence-corrected chi connectivity index (χ1v) is 9.21. The minimum Gasteiger partial charge on any atom is -0.317 e. The van der Waals surface area contributed by atoms with Gasteiger partial charge in [-0.05, 0) is 70.3 Å². The molecule has 128 valence electrons. The Kier molecular flexibility index (Phi) is 4.19. The number of rotatable bonds is 3. The van der Waals surface area contributed by atoms with Crippen LogP contribution in [-0.4, -0.2) is 40.9 Å². The Balaban J connectivity index is 1.52. The highest BCUT2D eigenvalue weighted by atomic mass is 15.3. The summed E-state index contributed by atoms with van der Waals surface area (Å²) < 4.78 is 2.10. The van der Waals surface area contributed by atoms with E-state index in [0.29, 0.717) is 5.41 Å². The quantitative estimate of drug-likeness (QED) is 0.942. The molecule has 4 nitrogen and oxygen atoms in total. The van der Waals surface area contributed by atoms with Crippen molar-refractivity contribution in [3.63, 3.8) is 0 Å². The molecule has 0 aliphatic carbocycles. The Labute approximate surface area is 144 Å². The highest BCUT2D eigenvalue weighted by Crippen LogP contribution is 2.39. The molecule has 1 aromatic carbocycles. The van der Waals surface area contributed by atoms with Crippen LogP contribution in [0.1, 0.15) is 36.2 Å². The van der Waals surface area contributed by atoms with Crippen LogP contribution in [0.5, 0.6) is 0 Å². The number of likely N-dealkylation sites (tertiary alicyclic amines) is 1. The van der Waals surface area contributed by atoms with Crippen LogP contribution in [0.4, 0.5) is 0 Å². The first kappa shape index (κ1) is 15.9. The number of aryl methyl sites for hydroxylation is 1. The zero-order valence-electron chi connectivity index (χ0n) is 14.9. The van der Waals surface area contributed by atoms with Gasteiger partial charge in [-0.3, -0.25) is 4.90 Å². The lowest BCUT2D eigenvalue weighted by Gasteiger charge is -2.34. The predicted molar refractivity (Wildman–Crippen MR) is 97.5 cm³/mol. The van der Waals surface area contributed by atoms with Gasteiger partial charge in [-0.15, -0.1) is 0 Å². The molecule has 2 aromatic rings. The molecule has 0 unspecified atom stereocenters. The van der Waals surface area contributed by atoms with E-state index in [0.717, 1.165) is 12.2 Å². The number of hydrogen-bond donors (Lipinski definition) is 1. The third-order valence-electron chi connectivity index (χ3n) is 6.01. The lowest BCUT2D eigenvalue weighted by molar-refractivity contribution is 0.193. The Morgan fingerprint density at radius 1 is 1.08 bits per heavy atom. The van der Waals surface area contributed by atoms with Gasteiger partial charge in [0.05, 0.1) is 11.4 Å². The number of hydrogen-bond acceptors (Lipinski definition) is 3. The summed E-state index contributed by atoms with van der Waals surface area (Å²) in [4.78, 5) is 2.65. The van der Waals surface area contributed by atoms with Gasteiger partial charge in [-0.2, -0.15) is 5.10 Å². The summed E-state index contributed by atoms with van der Waals surface area (Å²) >= 11 is 0. The van der Waals surface area contributed by atoms with Crippen molar-refractivity contribution in [3.05, 3.63) is 47.3 Å². The maximum atomic E-state index is 4.81. The second-order valence-corrected chi connectivity index (χ2v) is 7.61. The molecule has 0 saturated carbocycles. The van der Waals surface area contributed by atoms with Crippen LogP contribution < -0.4 is 5.32 Å². The maximum Gasteiger partial charge on any atom is 0.0648 e. The standard InChI is InChI=1S/C20H28N4/c1-16-19(17(2)24(22-16)18-6-4-3-5-7-18)14-23-13-10-20(15-23)8-11-21-12-9-20/h3-7,21H,8-15H2,1-2H3. The number of piperidine rings is 1. The van der Waals surface area contributed by atoms with Crippen LogP contribution in [-0.2, 0) is 6.54 Å². The summed E-state index contributed by atoms with van der Waals surface area (Å²) in [6.07, 6.45) is 4.04. The molecular weight excluding hydrogens is 296 g/mol. The topological polar surface area (TPSA) is 33.1 Å². The van der Waals surface area contributed by atoms with Crippen LogP contribution >= 0.6 is 0 Å². The summed E-state index contributed by atoms with van der Waals surface area (Å²) in [6.45, 7) is 10.3. The SMILES string of the molecule is Cc1nn(-c2ccccc2)c(C)c1CN1CCC2(CCNCC2)C1. The Hall–Kier alpha value is -1.65. The Bertz CT molecular complexity index is 698. The smallest absolute Gasteiger partial charge is 0.0648 e. The Morgan fingerprint density at radius 3 is 2.58 bits per heavy atom. The van der Waals surface area contributed by atoms with Crippen LogP contribution in [0.2, 0.25) is 0 Å². The first-order valence-electron chi connectivity index (χ1n) is 9.21. The number of benzene rings is 1. The van der Waals surface area contributed by atoms with Crippen LogP contribution in [0.25, 0.3) is 5.69 Å². The first-order chi connectivity index (χ1) is 11.7. The third kappa shape index (κ3) is 2.89. The largest absolute Gasteiger partial charge is 0.317 e. The van der Waals surface area contributed by atoms with Gasteiger partial charge in [-0.1, -0.05) is 18.2 Å². The van der Waals surface area contributed by atoms with Crippen LogP contribution in [0.15, 0.2) is 30.3 Å². The molecule has 3 heterocycles. The monoisotopic (exact) mass is 324 g/mol. The van der Waals surface area contributed by atoms with Gasteiger partial charge in [0.25, 0.3) is 0 Å². The molecule has 1 aromatic heterocycles. The average molecular weight is 324 g/mol. The molecule has 0 bridgehead atoms. The van der Waals surface area contributed by atoms with Crippen LogP contribution in [0.3, 0.4) is 0 Å².